The van der Waals surface area contributed by atoms with Crippen LogP contribution in [-0.4, -0.2) is 60.9 Å². The SMILES string of the molecule is COc1cc(-c2[nH]nc(-c3ncc(C4CCN(C(C)C)CC4)s3)c2C(C)C)cn2ncnc12. The van der Waals surface area contributed by atoms with Gasteiger partial charge in [-0.2, -0.15) is 10.2 Å². The first-order chi connectivity index (χ1) is 16.0. The van der Waals surface area contributed by atoms with E-state index in [-0.39, 0.29) is 5.92 Å². The van der Waals surface area contributed by atoms with Crippen LogP contribution in [0.25, 0.3) is 27.6 Å². The van der Waals surface area contributed by atoms with E-state index in [2.05, 4.69) is 54.0 Å². The summed E-state index contributed by atoms with van der Waals surface area (Å²) in [7, 11) is 1.65. The Balaban J connectivity index is 1.48. The van der Waals surface area contributed by atoms with Crippen LogP contribution in [0.4, 0.5) is 0 Å². The molecule has 1 aliphatic rings. The largest absolute Gasteiger partial charge is 0.493 e. The highest BCUT2D eigenvalue weighted by Crippen LogP contribution is 2.40. The summed E-state index contributed by atoms with van der Waals surface area (Å²) in [5.74, 6) is 1.54. The van der Waals surface area contributed by atoms with E-state index >= 15 is 0 Å². The van der Waals surface area contributed by atoms with Crippen molar-refractivity contribution in [1.29, 1.82) is 0 Å². The molecule has 174 valence electrons. The molecular weight excluding hydrogens is 434 g/mol. The van der Waals surface area contributed by atoms with Gasteiger partial charge in [-0.05, 0) is 57.7 Å². The summed E-state index contributed by atoms with van der Waals surface area (Å²) >= 11 is 1.79. The van der Waals surface area contributed by atoms with Crippen molar-refractivity contribution in [2.24, 2.45) is 0 Å². The Kier molecular flexibility index (Phi) is 5.92. The molecule has 1 aliphatic heterocycles. The Morgan fingerprint density at radius 1 is 1.15 bits per heavy atom. The van der Waals surface area contributed by atoms with Crippen molar-refractivity contribution < 1.29 is 4.74 Å². The molecule has 0 amide bonds. The van der Waals surface area contributed by atoms with Gasteiger partial charge in [-0.1, -0.05) is 13.8 Å². The van der Waals surface area contributed by atoms with Gasteiger partial charge in [-0.25, -0.2) is 14.5 Å². The van der Waals surface area contributed by atoms with E-state index in [0.29, 0.717) is 23.4 Å². The molecule has 1 saturated heterocycles. The first-order valence-electron chi connectivity index (χ1n) is 11.6. The number of aromatic nitrogens is 6. The van der Waals surface area contributed by atoms with Gasteiger partial charge in [0.25, 0.3) is 0 Å². The number of ether oxygens (including phenoxy) is 1. The first-order valence-corrected chi connectivity index (χ1v) is 12.4. The Labute approximate surface area is 198 Å². The molecule has 0 spiro atoms. The number of aromatic amines is 1. The van der Waals surface area contributed by atoms with E-state index in [1.807, 2.05) is 12.3 Å². The molecule has 1 N–H and O–H groups in total. The summed E-state index contributed by atoms with van der Waals surface area (Å²) in [6.07, 6.45) is 7.95. The fourth-order valence-electron chi connectivity index (χ4n) is 4.76. The molecule has 0 aliphatic carbocycles. The monoisotopic (exact) mass is 465 g/mol. The minimum atomic E-state index is 0.271. The highest BCUT2D eigenvalue weighted by Gasteiger charge is 2.26. The van der Waals surface area contributed by atoms with Gasteiger partial charge in [0.15, 0.2) is 11.4 Å². The lowest BCUT2D eigenvalue weighted by molar-refractivity contribution is 0.172. The fourth-order valence-corrected chi connectivity index (χ4v) is 5.85. The number of likely N-dealkylation sites (tertiary alicyclic amines) is 1. The molecule has 0 saturated carbocycles. The van der Waals surface area contributed by atoms with Gasteiger partial charge in [-0.3, -0.25) is 5.10 Å². The Morgan fingerprint density at radius 2 is 1.94 bits per heavy atom. The first kappa shape index (κ1) is 22.0. The van der Waals surface area contributed by atoms with Gasteiger partial charge in [0.05, 0.1) is 12.8 Å². The topological polar surface area (TPSA) is 84.2 Å². The summed E-state index contributed by atoms with van der Waals surface area (Å²) in [5, 5.41) is 13.3. The second kappa shape index (κ2) is 8.87. The van der Waals surface area contributed by atoms with Gasteiger partial charge >= 0.3 is 0 Å². The van der Waals surface area contributed by atoms with Gasteiger partial charge in [0, 0.05) is 34.4 Å². The van der Waals surface area contributed by atoms with Gasteiger partial charge < -0.3 is 9.64 Å². The molecule has 4 aromatic heterocycles. The van der Waals surface area contributed by atoms with Gasteiger partial charge in [0.2, 0.25) is 0 Å². The minimum Gasteiger partial charge on any atom is -0.493 e. The predicted molar refractivity (Wildman–Crippen MR) is 131 cm³/mol. The summed E-state index contributed by atoms with van der Waals surface area (Å²) in [5.41, 5.74) is 4.73. The van der Waals surface area contributed by atoms with Crippen molar-refractivity contribution in [3.63, 3.8) is 0 Å². The van der Waals surface area contributed by atoms with E-state index in [1.165, 1.54) is 24.0 Å². The Hall–Kier alpha value is -2.78. The van der Waals surface area contributed by atoms with Crippen LogP contribution in [0.3, 0.4) is 0 Å². The van der Waals surface area contributed by atoms with Crippen LogP contribution < -0.4 is 4.74 Å². The summed E-state index contributed by atoms with van der Waals surface area (Å²) in [6, 6.07) is 2.61. The molecule has 5 rings (SSSR count). The smallest absolute Gasteiger partial charge is 0.197 e. The molecule has 1 fully saturated rings. The molecule has 0 atom stereocenters. The quantitative estimate of drug-likeness (QED) is 0.433. The fraction of sp³-hybridized carbons (Fsp3) is 0.500. The number of methoxy groups -OCH3 is 1. The maximum Gasteiger partial charge on any atom is 0.197 e. The van der Waals surface area contributed by atoms with Crippen LogP contribution in [0.15, 0.2) is 24.8 Å². The van der Waals surface area contributed by atoms with E-state index in [9.17, 15) is 0 Å². The summed E-state index contributed by atoms with van der Waals surface area (Å²) in [6.45, 7) is 11.3. The molecule has 0 unspecified atom stereocenters. The molecule has 5 heterocycles. The predicted octanol–water partition coefficient (Wildman–Crippen LogP) is 4.96. The average molecular weight is 466 g/mol. The second-order valence-electron chi connectivity index (χ2n) is 9.31. The minimum absolute atomic E-state index is 0.271. The number of fused-ring (bicyclic) bond motifs is 1. The molecule has 9 heteroatoms. The number of nitrogens with zero attached hydrogens (tertiary/aromatic N) is 6. The van der Waals surface area contributed by atoms with Crippen molar-refractivity contribution in [2.45, 2.75) is 58.4 Å². The maximum atomic E-state index is 5.56. The molecule has 33 heavy (non-hydrogen) atoms. The van der Waals surface area contributed by atoms with Crippen molar-refractivity contribution in [3.05, 3.63) is 35.2 Å². The molecule has 0 bridgehead atoms. The average Bonchev–Trinajstić information content (AvgIpc) is 3.57. The summed E-state index contributed by atoms with van der Waals surface area (Å²) < 4.78 is 7.30. The maximum absolute atomic E-state index is 5.56. The number of nitrogens with one attached hydrogen (secondary N) is 1. The standard InChI is InChI=1S/C24H31N7OS/c1-14(2)20-21(17-10-18(32-5)23-26-13-27-31(23)12-17)28-29-22(20)24-25-11-19(33-24)16-6-8-30(9-7-16)15(3)4/h10-16H,6-9H2,1-5H3,(H,28,29). The lowest BCUT2D eigenvalue weighted by atomic mass is 9.95. The highest BCUT2D eigenvalue weighted by molar-refractivity contribution is 7.15. The lowest BCUT2D eigenvalue weighted by Crippen LogP contribution is -2.37. The molecule has 4 aromatic rings. The van der Waals surface area contributed by atoms with Crippen molar-refractivity contribution in [1.82, 2.24) is 34.7 Å². The number of piperidine rings is 1. The van der Waals surface area contributed by atoms with E-state index in [1.54, 1.807) is 23.0 Å². The van der Waals surface area contributed by atoms with Crippen LogP contribution >= 0.6 is 11.3 Å². The third-order valence-electron chi connectivity index (χ3n) is 6.62. The zero-order chi connectivity index (χ0) is 23.1. The van der Waals surface area contributed by atoms with E-state index in [0.717, 1.165) is 40.6 Å². The van der Waals surface area contributed by atoms with Crippen molar-refractivity contribution in [2.75, 3.05) is 20.2 Å². The normalized spacial score (nSPS) is 15.8. The van der Waals surface area contributed by atoms with Crippen molar-refractivity contribution in [3.8, 4) is 27.7 Å². The van der Waals surface area contributed by atoms with Crippen LogP contribution in [-0.2, 0) is 0 Å². The van der Waals surface area contributed by atoms with Gasteiger partial charge in [0.1, 0.15) is 17.0 Å². The van der Waals surface area contributed by atoms with Crippen LogP contribution in [0.5, 0.6) is 5.75 Å². The molecule has 8 nitrogen and oxygen atoms in total. The molecule has 0 radical (unpaired) electrons. The number of rotatable bonds is 6. The third kappa shape index (κ3) is 4.04. The van der Waals surface area contributed by atoms with Crippen LogP contribution in [0.2, 0.25) is 0 Å². The van der Waals surface area contributed by atoms with Gasteiger partial charge in [-0.15, -0.1) is 11.3 Å². The van der Waals surface area contributed by atoms with Crippen LogP contribution in [0, 0.1) is 0 Å². The Bertz CT molecular complexity index is 1250. The molecule has 0 aromatic carbocycles. The van der Waals surface area contributed by atoms with Crippen molar-refractivity contribution >= 4 is 17.0 Å². The zero-order valence-electron chi connectivity index (χ0n) is 19.9. The number of hydrogen-bond donors (Lipinski definition) is 1. The van der Waals surface area contributed by atoms with E-state index in [4.69, 9.17) is 14.8 Å². The Morgan fingerprint density at radius 3 is 2.64 bits per heavy atom. The zero-order valence-corrected chi connectivity index (χ0v) is 20.7. The number of hydrogen-bond acceptors (Lipinski definition) is 7. The third-order valence-corrected chi connectivity index (χ3v) is 7.79. The van der Waals surface area contributed by atoms with Crippen LogP contribution in [0.1, 0.15) is 62.8 Å². The van der Waals surface area contributed by atoms with E-state index < -0.39 is 0 Å². The summed E-state index contributed by atoms with van der Waals surface area (Å²) in [4.78, 5) is 13.0. The highest BCUT2D eigenvalue weighted by atomic mass is 32.1. The number of H-pyrrole nitrogens is 1. The number of pyridine rings is 1. The lowest BCUT2D eigenvalue weighted by Gasteiger charge is -2.34. The number of thiazole rings is 1. The second-order valence-corrected chi connectivity index (χ2v) is 10.4. The molecular formula is C24H31N7OS.